The van der Waals surface area contributed by atoms with Crippen molar-refractivity contribution in [2.45, 2.75) is 69.5 Å². The molecule has 0 aromatic heterocycles. The van der Waals surface area contributed by atoms with Gasteiger partial charge in [-0.2, -0.15) is 14.0 Å². The van der Waals surface area contributed by atoms with E-state index in [4.69, 9.17) is 30.1 Å². The minimum absolute atomic E-state index is 0.0551. The lowest BCUT2D eigenvalue weighted by molar-refractivity contribution is -1.92. The number of allylic oxidation sites excluding steroid dienone is 1. The first kappa shape index (κ1) is 33.1. The molecule has 6 atom stereocenters. The first-order chi connectivity index (χ1) is 17.7. The number of rotatable bonds is 14. The zero-order valence-corrected chi connectivity index (χ0v) is 24.6. The predicted molar refractivity (Wildman–Crippen MR) is 136 cm³/mol. The molecule has 1 saturated carbocycles. The highest BCUT2D eigenvalue weighted by Gasteiger charge is 2.74. The van der Waals surface area contributed by atoms with Crippen LogP contribution in [0.3, 0.4) is 0 Å². The zero-order chi connectivity index (χ0) is 28.7. The fourth-order valence-corrected chi connectivity index (χ4v) is 8.14. The van der Waals surface area contributed by atoms with Crippen LogP contribution in [0.1, 0.15) is 40.0 Å². The number of methoxy groups -OCH3 is 1. The number of carbonyl (C=O) groups is 2. The fourth-order valence-electron chi connectivity index (χ4n) is 5.29. The lowest BCUT2D eigenvalue weighted by Gasteiger charge is -2.46. The summed E-state index contributed by atoms with van der Waals surface area (Å²) in [7, 11) is -3.90. The van der Waals surface area contributed by atoms with Crippen LogP contribution >= 0.6 is 11.6 Å². The van der Waals surface area contributed by atoms with Crippen molar-refractivity contribution in [3.05, 3.63) is 37.0 Å². The number of hydrogen-bond acceptors (Lipinski definition) is 9. The maximum absolute atomic E-state index is 12.4. The Balaban J connectivity index is 2.56. The molecule has 10 nitrogen and oxygen atoms in total. The van der Waals surface area contributed by atoms with Gasteiger partial charge in [-0.3, -0.25) is 10.1 Å². The molecule has 1 aliphatic carbocycles. The van der Waals surface area contributed by atoms with E-state index in [1.807, 2.05) is 32.2 Å². The molecule has 2 rings (SSSR count). The predicted octanol–water partition coefficient (Wildman–Crippen LogP) is 0.428. The molecule has 1 N–H and O–H groups in total. The van der Waals surface area contributed by atoms with E-state index >= 15 is 0 Å². The van der Waals surface area contributed by atoms with Crippen molar-refractivity contribution in [3.8, 4) is 0 Å². The monoisotopic (exact) mass is 598 g/mol. The third-order valence-corrected chi connectivity index (χ3v) is 9.80. The van der Waals surface area contributed by atoms with E-state index in [-0.39, 0.29) is 24.7 Å². The summed E-state index contributed by atoms with van der Waals surface area (Å²) in [5.41, 5.74) is -1.40. The molecule has 2 fully saturated rings. The average Bonchev–Trinajstić information content (AvgIpc) is 3.47. The average molecular weight is 600 g/mol. The summed E-state index contributed by atoms with van der Waals surface area (Å²) in [5, 5.41) is 2.03. The Morgan fingerprint density at radius 3 is 2.37 bits per heavy atom. The molecule has 0 radical (unpaired) electrons. The van der Waals surface area contributed by atoms with E-state index < -0.39 is 68.3 Å². The van der Waals surface area contributed by atoms with Crippen LogP contribution in [0.4, 0.5) is 4.79 Å². The molecule has 6 unspecified atom stereocenters. The SMILES string of the molecule is C=CC[S+](CC=C)CC1(O[Cl+3]([O-])([O-])[O-])CCC(OC(=O)NC(=O)CCl)C(OC)C1C1(C)OC1CC=C(C)C. The second kappa shape index (κ2) is 14.0. The van der Waals surface area contributed by atoms with Crippen LogP contribution in [0.25, 0.3) is 0 Å². The Morgan fingerprint density at radius 1 is 1.24 bits per heavy atom. The number of alkyl halides is 1. The van der Waals surface area contributed by atoms with Crippen molar-refractivity contribution in [1.82, 2.24) is 5.32 Å². The number of imide groups is 1. The summed E-state index contributed by atoms with van der Waals surface area (Å²) in [4.78, 5) is 24.0. The van der Waals surface area contributed by atoms with Crippen molar-refractivity contribution in [2.24, 2.45) is 5.92 Å². The Bertz CT molecular complexity index is 885. The van der Waals surface area contributed by atoms with Crippen LogP contribution in [0, 0.1) is 16.2 Å². The highest BCUT2D eigenvalue weighted by atomic mass is 35.7. The maximum Gasteiger partial charge on any atom is 0.414 e. The second-order valence-electron chi connectivity index (χ2n) is 9.84. The van der Waals surface area contributed by atoms with Gasteiger partial charge in [0.2, 0.25) is 5.91 Å². The van der Waals surface area contributed by atoms with Crippen molar-refractivity contribution >= 4 is 34.5 Å². The van der Waals surface area contributed by atoms with Crippen LogP contribution in [0.5, 0.6) is 0 Å². The Morgan fingerprint density at radius 2 is 1.87 bits per heavy atom. The van der Waals surface area contributed by atoms with Crippen LogP contribution in [0.15, 0.2) is 37.0 Å². The van der Waals surface area contributed by atoms with Gasteiger partial charge < -0.3 is 14.2 Å². The molecule has 38 heavy (non-hydrogen) atoms. The molecule has 2 aliphatic rings. The molecule has 1 heterocycles. The minimum atomic E-state index is -4.83. The summed E-state index contributed by atoms with van der Waals surface area (Å²) in [6, 6.07) is 0. The van der Waals surface area contributed by atoms with Crippen LogP contribution in [0.2, 0.25) is 0 Å². The molecule has 2 amide bonds. The van der Waals surface area contributed by atoms with Gasteiger partial charge in [0.05, 0.1) is 26.6 Å². The van der Waals surface area contributed by atoms with E-state index in [1.165, 1.54) is 7.11 Å². The number of halogens is 2. The number of epoxide rings is 1. The lowest BCUT2D eigenvalue weighted by atomic mass is 9.66. The van der Waals surface area contributed by atoms with E-state index in [9.17, 15) is 23.6 Å². The summed E-state index contributed by atoms with van der Waals surface area (Å²) in [6.45, 7) is 13.3. The van der Waals surface area contributed by atoms with E-state index in [0.29, 0.717) is 17.9 Å². The summed E-state index contributed by atoms with van der Waals surface area (Å²) < 4.78 is 59.3. The number of alkyl carbamates (subject to hydrolysis) is 1. The highest BCUT2D eigenvalue weighted by Crippen LogP contribution is 2.56. The standard InChI is InChI=1S/C25H37Cl2NO9S/c1-7-13-38(14-8-2)16-25(37-27(31,32)33)12-11-18(35-23(30)28-20(29)15-26)21(34-6)22(25)24(5)19(36-24)10-9-17(3)4/h7-9,18-19,21-22H,1-2,10-16H2,3-6H3/p+1. The molecule has 216 valence electrons. The molecule has 1 aliphatic heterocycles. The van der Waals surface area contributed by atoms with Gasteiger partial charge in [0.25, 0.3) is 5.60 Å². The minimum Gasteiger partial charge on any atom is -0.443 e. The maximum atomic E-state index is 12.4. The summed E-state index contributed by atoms with van der Waals surface area (Å²) >= 11 is 5.47. The second-order valence-corrected chi connectivity index (χ2v) is 13.2. The highest BCUT2D eigenvalue weighted by molar-refractivity contribution is 7.97. The smallest absolute Gasteiger partial charge is 0.414 e. The first-order valence-corrected chi connectivity index (χ1v) is 15.6. The van der Waals surface area contributed by atoms with Crippen molar-refractivity contribution in [1.29, 1.82) is 0 Å². The van der Waals surface area contributed by atoms with Gasteiger partial charge in [-0.1, -0.05) is 24.8 Å². The fraction of sp³-hybridized carbons (Fsp3) is 0.680. The van der Waals surface area contributed by atoms with Gasteiger partial charge in [0.15, 0.2) is 5.75 Å². The van der Waals surface area contributed by atoms with Gasteiger partial charge >= 0.3 is 6.09 Å². The quantitative estimate of drug-likeness (QED) is 0.130. The van der Waals surface area contributed by atoms with Crippen molar-refractivity contribution in [3.63, 3.8) is 0 Å². The van der Waals surface area contributed by atoms with Crippen LogP contribution in [-0.2, 0) is 34.2 Å². The summed E-state index contributed by atoms with van der Waals surface area (Å²) in [6.07, 6.45) is 3.04. The normalized spacial score (nSPS) is 30.9. The molecule has 1 saturated heterocycles. The van der Waals surface area contributed by atoms with Gasteiger partial charge in [0.1, 0.15) is 35.2 Å². The van der Waals surface area contributed by atoms with Crippen molar-refractivity contribution in [2.75, 3.05) is 30.2 Å². The Kier molecular flexibility index (Phi) is 12.1. The number of amides is 2. The largest absolute Gasteiger partial charge is 0.443 e. The van der Waals surface area contributed by atoms with Gasteiger partial charge in [-0.05, 0) is 56.7 Å². The Labute approximate surface area is 234 Å². The van der Waals surface area contributed by atoms with Gasteiger partial charge in [0, 0.05) is 13.5 Å². The van der Waals surface area contributed by atoms with Gasteiger partial charge in [-0.25, -0.2) is 4.79 Å². The topological polar surface area (TPSA) is 156 Å². The molecule has 13 heteroatoms. The molecule has 0 bridgehead atoms. The molecular weight excluding hydrogens is 561 g/mol. The first-order valence-electron chi connectivity index (χ1n) is 12.1. The van der Waals surface area contributed by atoms with Crippen LogP contribution in [-0.4, -0.2) is 71.8 Å². The third-order valence-electron chi connectivity index (χ3n) is 6.75. The van der Waals surface area contributed by atoms with E-state index in [2.05, 4.69) is 13.2 Å². The van der Waals surface area contributed by atoms with E-state index in [0.717, 1.165) is 5.57 Å². The number of carbonyl (C=O) groups excluding carboxylic acids is 2. The zero-order valence-electron chi connectivity index (χ0n) is 22.2. The molecular formula is C25H38Cl2NO9S+. The van der Waals surface area contributed by atoms with Gasteiger partial charge in [-0.15, -0.1) is 11.6 Å². The lowest BCUT2D eigenvalue weighted by Crippen LogP contribution is -2.71. The van der Waals surface area contributed by atoms with Crippen LogP contribution < -0.4 is 19.3 Å². The number of hydrogen-bond donors (Lipinski definition) is 1. The Hall–Kier alpha value is -1.15. The summed E-state index contributed by atoms with van der Waals surface area (Å²) in [5.74, 6) is -0.684. The number of nitrogens with one attached hydrogen (secondary N) is 1. The molecule has 0 spiro atoms. The molecule has 0 aromatic rings. The van der Waals surface area contributed by atoms with Crippen molar-refractivity contribution < 1.29 is 52.3 Å². The number of ether oxygens (including phenoxy) is 3. The molecule has 0 aromatic carbocycles. The van der Waals surface area contributed by atoms with E-state index in [1.54, 1.807) is 12.2 Å². The third kappa shape index (κ3) is 8.67.